The maximum Gasteiger partial charge on any atom is 0.0635 e. The van der Waals surface area contributed by atoms with Gasteiger partial charge >= 0.3 is 0 Å². The number of aryl methyl sites for hydroxylation is 1. The van der Waals surface area contributed by atoms with E-state index in [9.17, 15) is 0 Å². The summed E-state index contributed by atoms with van der Waals surface area (Å²) in [6.45, 7) is 7.73. The molecule has 0 aliphatic rings. The quantitative estimate of drug-likeness (QED) is 0.838. The smallest absolute Gasteiger partial charge is 0.0635 e. The summed E-state index contributed by atoms with van der Waals surface area (Å²) in [7, 11) is 0. The topological polar surface area (TPSA) is 53.0 Å². The van der Waals surface area contributed by atoms with Gasteiger partial charge in [-0.3, -0.25) is 4.90 Å². The van der Waals surface area contributed by atoms with Crippen LogP contribution < -0.4 is 5.73 Å². The molecule has 1 aromatic carbocycles. The lowest BCUT2D eigenvalue weighted by Gasteiger charge is -2.34. The summed E-state index contributed by atoms with van der Waals surface area (Å²) in [5, 5.41) is 8.76. The van der Waals surface area contributed by atoms with Gasteiger partial charge in [-0.05, 0) is 26.3 Å². The highest BCUT2D eigenvalue weighted by Crippen LogP contribution is 2.23. The van der Waals surface area contributed by atoms with Gasteiger partial charge in [0.25, 0.3) is 0 Å². The van der Waals surface area contributed by atoms with Gasteiger partial charge in [0.05, 0.1) is 6.07 Å². The molecule has 18 heavy (non-hydrogen) atoms. The molecule has 0 saturated heterocycles. The van der Waals surface area contributed by atoms with E-state index in [0.29, 0.717) is 19.0 Å². The van der Waals surface area contributed by atoms with Gasteiger partial charge in [0, 0.05) is 31.6 Å². The van der Waals surface area contributed by atoms with Crippen LogP contribution in [0.3, 0.4) is 0 Å². The van der Waals surface area contributed by atoms with Crippen LogP contribution in [0.1, 0.15) is 37.4 Å². The number of benzene rings is 1. The number of nitrogens with zero attached hydrogens (tertiary/aromatic N) is 2. The van der Waals surface area contributed by atoms with E-state index >= 15 is 0 Å². The van der Waals surface area contributed by atoms with E-state index < -0.39 is 0 Å². The molecule has 0 aliphatic heterocycles. The Labute approximate surface area is 110 Å². The Morgan fingerprint density at radius 2 is 2.11 bits per heavy atom. The largest absolute Gasteiger partial charge is 0.329 e. The maximum absolute atomic E-state index is 8.76. The Morgan fingerprint density at radius 3 is 2.61 bits per heavy atom. The predicted octanol–water partition coefficient (Wildman–Crippen LogP) is 2.62. The maximum atomic E-state index is 8.76. The third-order valence-electron chi connectivity index (χ3n) is 3.20. The second kappa shape index (κ2) is 7.15. The van der Waals surface area contributed by atoms with Crippen LogP contribution in [-0.4, -0.2) is 24.0 Å². The lowest BCUT2D eigenvalue weighted by atomic mass is 10.0. The van der Waals surface area contributed by atoms with Gasteiger partial charge in [0.1, 0.15) is 0 Å². The Morgan fingerprint density at radius 1 is 1.39 bits per heavy atom. The van der Waals surface area contributed by atoms with Crippen molar-refractivity contribution < 1.29 is 0 Å². The van der Waals surface area contributed by atoms with Crippen LogP contribution in [0.2, 0.25) is 0 Å². The van der Waals surface area contributed by atoms with E-state index in [1.807, 2.05) is 0 Å². The molecule has 0 spiro atoms. The van der Waals surface area contributed by atoms with Crippen molar-refractivity contribution in [2.75, 3.05) is 13.1 Å². The van der Waals surface area contributed by atoms with Gasteiger partial charge < -0.3 is 5.73 Å². The third kappa shape index (κ3) is 3.83. The number of nitrogens with two attached hydrogens (primary N) is 1. The molecule has 3 heteroatoms. The van der Waals surface area contributed by atoms with Gasteiger partial charge in [0.2, 0.25) is 0 Å². The zero-order valence-electron chi connectivity index (χ0n) is 11.6. The normalized spacial score (nSPS) is 12.7. The second-order valence-electron chi connectivity index (χ2n) is 4.91. The summed E-state index contributed by atoms with van der Waals surface area (Å²) in [6.07, 6.45) is 0.542. The molecule has 0 aromatic heterocycles. The molecule has 1 aromatic rings. The second-order valence-corrected chi connectivity index (χ2v) is 4.91. The summed E-state index contributed by atoms with van der Waals surface area (Å²) in [4.78, 5) is 2.30. The van der Waals surface area contributed by atoms with Gasteiger partial charge in [-0.1, -0.05) is 29.8 Å². The summed E-state index contributed by atoms with van der Waals surface area (Å²) in [5.74, 6) is 0. The molecule has 0 saturated carbocycles. The van der Waals surface area contributed by atoms with Gasteiger partial charge in [0.15, 0.2) is 0 Å². The van der Waals surface area contributed by atoms with Crippen molar-refractivity contribution in [1.29, 1.82) is 5.26 Å². The molecule has 0 amide bonds. The predicted molar refractivity (Wildman–Crippen MR) is 75.0 cm³/mol. The fourth-order valence-corrected chi connectivity index (χ4v) is 2.29. The summed E-state index contributed by atoms with van der Waals surface area (Å²) in [5.41, 5.74) is 8.43. The molecule has 1 unspecified atom stereocenters. The van der Waals surface area contributed by atoms with Crippen LogP contribution in [0.25, 0.3) is 0 Å². The lowest BCUT2D eigenvalue weighted by molar-refractivity contribution is 0.161. The standard InChI is InChI=1S/C15H23N3/c1-12(2)18(9-5-8-16)15(11-17)14-7-4-6-13(3)10-14/h4,6-7,10,12,15H,5,9,11,17H2,1-3H3. The fourth-order valence-electron chi connectivity index (χ4n) is 2.29. The first-order valence-electron chi connectivity index (χ1n) is 6.49. The van der Waals surface area contributed by atoms with Crippen molar-refractivity contribution in [2.24, 2.45) is 5.73 Å². The summed E-state index contributed by atoms with van der Waals surface area (Å²) < 4.78 is 0. The van der Waals surface area contributed by atoms with Gasteiger partial charge in [-0.2, -0.15) is 5.26 Å². The first kappa shape index (κ1) is 14.7. The highest BCUT2D eigenvalue weighted by molar-refractivity contribution is 5.25. The zero-order chi connectivity index (χ0) is 13.5. The molecule has 1 atom stereocenters. The van der Waals surface area contributed by atoms with E-state index in [1.54, 1.807) is 0 Å². The van der Waals surface area contributed by atoms with E-state index in [-0.39, 0.29) is 6.04 Å². The van der Waals surface area contributed by atoms with Crippen LogP contribution >= 0.6 is 0 Å². The van der Waals surface area contributed by atoms with E-state index in [1.165, 1.54) is 11.1 Å². The van der Waals surface area contributed by atoms with Gasteiger partial charge in [-0.25, -0.2) is 0 Å². The van der Waals surface area contributed by atoms with Gasteiger partial charge in [-0.15, -0.1) is 0 Å². The molecule has 0 bridgehead atoms. The Bertz CT molecular complexity index is 406. The Hall–Kier alpha value is -1.37. The average molecular weight is 245 g/mol. The Balaban J connectivity index is 2.95. The highest BCUT2D eigenvalue weighted by atomic mass is 15.2. The average Bonchev–Trinajstić information content (AvgIpc) is 2.34. The van der Waals surface area contributed by atoms with E-state index in [2.05, 4.69) is 56.0 Å². The summed E-state index contributed by atoms with van der Waals surface area (Å²) in [6, 6.07) is 11.2. The highest BCUT2D eigenvalue weighted by Gasteiger charge is 2.21. The molecular weight excluding hydrogens is 222 g/mol. The van der Waals surface area contributed by atoms with Crippen molar-refractivity contribution >= 4 is 0 Å². The lowest BCUT2D eigenvalue weighted by Crippen LogP contribution is -2.39. The van der Waals surface area contributed by atoms with Crippen LogP contribution in [-0.2, 0) is 0 Å². The molecule has 2 N–H and O–H groups in total. The van der Waals surface area contributed by atoms with Crippen molar-refractivity contribution in [3.63, 3.8) is 0 Å². The third-order valence-corrected chi connectivity index (χ3v) is 3.20. The summed E-state index contributed by atoms with van der Waals surface area (Å²) >= 11 is 0. The molecule has 0 radical (unpaired) electrons. The van der Waals surface area contributed by atoms with E-state index in [4.69, 9.17) is 11.0 Å². The Kier molecular flexibility index (Phi) is 5.84. The van der Waals surface area contributed by atoms with Crippen molar-refractivity contribution in [1.82, 2.24) is 4.90 Å². The van der Waals surface area contributed by atoms with Crippen molar-refractivity contribution in [3.8, 4) is 6.07 Å². The minimum Gasteiger partial charge on any atom is -0.329 e. The first-order chi connectivity index (χ1) is 8.60. The van der Waals surface area contributed by atoms with Crippen LogP contribution in [0.4, 0.5) is 0 Å². The number of hydrogen-bond acceptors (Lipinski definition) is 3. The van der Waals surface area contributed by atoms with Crippen LogP contribution in [0, 0.1) is 18.3 Å². The molecular formula is C15H23N3. The molecule has 0 fully saturated rings. The van der Waals surface area contributed by atoms with Crippen molar-refractivity contribution in [2.45, 2.75) is 39.3 Å². The number of rotatable bonds is 6. The monoisotopic (exact) mass is 245 g/mol. The number of nitriles is 1. The van der Waals surface area contributed by atoms with Crippen LogP contribution in [0.5, 0.6) is 0 Å². The minimum absolute atomic E-state index is 0.193. The fraction of sp³-hybridized carbons (Fsp3) is 0.533. The van der Waals surface area contributed by atoms with E-state index in [0.717, 1.165) is 6.54 Å². The zero-order valence-corrected chi connectivity index (χ0v) is 11.6. The number of hydrogen-bond donors (Lipinski definition) is 1. The van der Waals surface area contributed by atoms with Crippen LogP contribution in [0.15, 0.2) is 24.3 Å². The molecule has 1 rings (SSSR count). The molecule has 0 aliphatic carbocycles. The molecule has 98 valence electrons. The minimum atomic E-state index is 0.193. The SMILES string of the molecule is Cc1cccc(C(CN)N(CCC#N)C(C)C)c1. The first-order valence-corrected chi connectivity index (χ1v) is 6.49. The molecule has 0 heterocycles. The molecule has 3 nitrogen and oxygen atoms in total. The van der Waals surface area contributed by atoms with Crippen molar-refractivity contribution in [3.05, 3.63) is 35.4 Å².